The first-order valence-electron chi connectivity index (χ1n) is 7.65. The Morgan fingerprint density at radius 3 is 2.58 bits per heavy atom. The largest absolute Gasteiger partial charge is 0.397 e. The Morgan fingerprint density at radius 2 is 1.71 bits per heavy atom. The molecule has 4 aromatic rings. The molecule has 0 aliphatic heterocycles. The van der Waals surface area contributed by atoms with Crippen LogP contribution in [0.1, 0.15) is 0 Å². The van der Waals surface area contributed by atoms with Crippen LogP contribution >= 0.6 is 0 Å². The number of fused-ring (bicyclic) bond motifs is 2. The van der Waals surface area contributed by atoms with Gasteiger partial charge in [-0.3, -0.25) is 9.78 Å². The number of nitrogens with zero attached hydrogens (tertiary/aromatic N) is 1. The van der Waals surface area contributed by atoms with Crippen molar-refractivity contribution in [3.63, 3.8) is 0 Å². The first-order valence-corrected chi connectivity index (χ1v) is 7.65. The molecule has 0 aliphatic carbocycles. The summed E-state index contributed by atoms with van der Waals surface area (Å²) in [7, 11) is 0. The first kappa shape index (κ1) is 14.2. The van der Waals surface area contributed by atoms with Crippen LogP contribution < -0.4 is 16.5 Å². The van der Waals surface area contributed by atoms with Gasteiger partial charge in [0.1, 0.15) is 0 Å². The third kappa shape index (κ3) is 2.44. The second-order valence-electron chi connectivity index (χ2n) is 5.64. The molecule has 0 aliphatic rings. The highest BCUT2D eigenvalue weighted by molar-refractivity contribution is 5.94. The van der Waals surface area contributed by atoms with Crippen LogP contribution in [0.25, 0.3) is 21.5 Å². The number of pyridine rings is 1. The van der Waals surface area contributed by atoms with Crippen molar-refractivity contribution >= 4 is 38.6 Å². The van der Waals surface area contributed by atoms with Crippen LogP contribution in [0.15, 0.2) is 77.9 Å². The molecule has 0 fully saturated rings. The lowest BCUT2D eigenvalue weighted by Crippen LogP contribution is -2.00. The van der Waals surface area contributed by atoms with Gasteiger partial charge in [0.05, 0.1) is 11.4 Å². The van der Waals surface area contributed by atoms with E-state index in [2.05, 4.69) is 10.3 Å². The van der Waals surface area contributed by atoms with Crippen LogP contribution in [-0.2, 0) is 0 Å². The fourth-order valence-corrected chi connectivity index (χ4v) is 2.82. The lowest BCUT2D eigenvalue weighted by molar-refractivity contribution is 1.36. The Kier molecular flexibility index (Phi) is 3.35. The Balaban J connectivity index is 1.89. The summed E-state index contributed by atoms with van der Waals surface area (Å²) >= 11 is 0. The molecule has 3 N–H and O–H groups in total. The fourth-order valence-electron chi connectivity index (χ4n) is 2.82. The highest BCUT2D eigenvalue weighted by Gasteiger charge is 2.04. The van der Waals surface area contributed by atoms with Crippen LogP contribution in [0.5, 0.6) is 0 Å². The summed E-state index contributed by atoms with van der Waals surface area (Å²) in [5, 5.41) is 6.35. The summed E-state index contributed by atoms with van der Waals surface area (Å²) in [5.41, 5.74) is 8.37. The maximum Gasteiger partial charge on any atom is 0.195 e. The summed E-state index contributed by atoms with van der Waals surface area (Å²) in [6.45, 7) is 0. The van der Waals surface area contributed by atoms with Gasteiger partial charge in [-0.15, -0.1) is 0 Å². The number of nitrogens with one attached hydrogen (secondary N) is 1. The maximum atomic E-state index is 12.7. The van der Waals surface area contributed by atoms with Gasteiger partial charge < -0.3 is 11.1 Å². The zero-order valence-electron chi connectivity index (χ0n) is 12.9. The maximum absolute atomic E-state index is 12.7. The lowest BCUT2D eigenvalue weighted by atomic mass is 10.1. The van der Waals surface area contributed by atoms with Gasteiger partial charge in [0, 0.05) is 28.9 Å². The molecule has 24 heavy (non-hydrogen) atoms. The van der Waals surface area contributed by atoms with Gasteiger partial charge in [0.15, 0.2) is 5.43 Å². The van der Waals surface area contributed by atoms with Crippen LogP contribution in [0.3, 0.4) is 0 Å². The third-order valence-electron chi connectivity index (χ3n) is 4.08. The molecule has 0 atom stereocenters. The Bertz CT molecular complexity index is 1120. The monoisotopic (exact) mass is 313 g/mol. The highest BCUT2D eigenvalue weighted by atomic mass is 16.1. The molecule has 116 valence electrons. The molecule has 0 saturated carbocycles. The van der Waals surface area contributed by atoms with E-state index in [4.69, 9.17) is 5.73 Å². The summed E-state index contributed by atoms with van der Waals surface area (Å²) < 4.78 is 0. The van der Waals surface area contributed by atoms with E-state index < -0.39 is 0 Å². The standard InChI is InChI=1S/C20H15N3O/c21-18-3-1-2-4-19(18)23-15-7-8-16-14(11-15)6-5-13-9-10-22-12-17(13)20(16)24/h1-12,23H,21H2. The van der Waals surface area contributed by atoms with Gasteiger partial charge in [-0.25, -0.2) is 0 Å². The number of nitrogen functional groups attached to an aromatic ring is 1. The molecule has 4 nitrogen and oxygen atoms in total. The zero-order valence-corrected chi connectivity index (χ0v) is 12.9. The van der Waals surface area contributed by atoms with E-state index >= 15 is 0 Å². The SMILES string of the molecule is Nc1ccccc1Nc1ccc2c(=O)c3cnccc3ccc2c1. The number of anilines is 3. The fraction of sp³-hybridized carbons (Fsp3) is 0. The van der Waals surface area contributed by atoms with Crippen molar-refractivity contribution in [3.8, 4) is 0 Å². The summed E-state index contributed by atoms with van der Waals surface area (Å²) in [6, 6.07) is 19.0. The summed E-state index contributed by atoms with van der Waals surface area (Å²) in [5.74, 6) is 0. The van der Waals surface area contributed by atoms with Crippen molar-refractivity contribution in [3.05, 3.63) is 83.3 Å². The van der Waals surface area contributed by atoms with E-state index in [1.807, 2.05) is 60.7 Å². The number of aromatic nitrogens is 1. The number of para-hydroxylation sites is 2. The molecule has 1 aromatic heterocycles. The number of benzene rings is 2. The molecule has 4 heteroatoms. The topological polar surface area (TPSA) is 68.0 Å². The van der Waals surface area contributed by atoms with E-state index in [0.717, 1.165) is 22.1 Å². The normalized spacial score (nSPS) is 10.8. The molecular formula is C20H15N3O. The predicted octanol–water partition coefficient (Wildman–Crippen LogP) is 4.07. The molecule has 0 spiro atoms. The number of nitrogens with two attached hydrogens (primary N) is 1. The third-order valence-corrected chi connectivity index (χ3v) is 4.08. The van der Waals surface area contributed by atoms with Gasteiger partial charge in [-0.05, 0) is 47.2 Å². The van der Waals surface area contributed by atoms with Crippen molar-refractivity contribution in [2.75, 3.05) is 11.1 Å². The number of hydrogen-bond acceptors (Lipinski definition) is 4. The van der Waals surface area contributed by atoms with Crippen LogP contribution in [0.2, 0.25) is 0 Å². The minimum atomic E-state index is -0.0103. The molecule has 0 bridgehead atoms. The lowest BCUT2D eigenvalue weighted by Gasteiger charge is -2.09. The molecule has 0 unspecified atom stereocenters. The van der Waals surface area contributed by atoms with Crippen LogP contribution in [0.4, 0.5) is 17.1 Å². The minimum absolute atomic E-state index is 0.0103. The smallest absolute Gasteiger partial charge is 0.195 e. The average molecular weight is 313 g/mol. The molecule has 0 amide bonds. The van der Waals surface area contributed by atoms with Gasteiger partial charge >= 0.3 is 0 Å². The summed E-state index contributed by atoms with van der Waals surface area (Å²) in [4.78, 5) is 16.8. The van der Waals surface area contributed by atoms with Gasteiger partial charge in [-0.2, -0.15) is 0 Å². The van der Waals surface area contributed by atoms with E-state index in [0.29, 0.717) is 16.5 Å². The van der Waals surface area contributed by atoms with Gasteiger partial charge in [0.2, 0.25) is 0 Å². The highest BCUT2D eigenvalue weighted by Crippen LogP contribution is 2.25. The second kappa shape index (κ2) is 5.66. The Morgan fingerprint density at radius 1 is 0.875 bits per heavy atom. The van der Waals surface area contributed by atoms with Crippen molar-refractivity contribution in [1.82, 2.24) is 4.98 Å². The molecule has 4 rings (SSSR count). The van der Waals surface area contributed by atoms with Crippen molar-refractivity contribution in [2.24, 2.45) is 0 Å². The number of rotatable bonds is 2. The molecule has 3 aromatic carbocycles. The van der Waals surface area contributed by atoms with Crippen molar-refractivity contribution in [1.29, 1.82) is 0 Å². The van der Waals surface area contributed by atoms with E-state index in [-0.39, 0.29) is 5.43 Å². The van der Waals surface area contributed by atoms with E-state index in [9.17, 15) is 4.79 Å². The van der Waals surface area contributed by atoms with Gasteiger partial charge in [0.25, 0.3) is 0 Å². The van der Waals surface area contributed by atoms with Crippen molar-refractivity contribution < 1.29 is 0 Å². The minimum Gasteiger partial charge on any atom is -0.397 e. The van der Waals surface area contributed by atoms with E-state index in [1.165, 1.54) is 0 Å². The molecule has 0 saturated heterocycles. The molecule has 0 radical (unpaired) electrons. The predicted molar refractivity (Wildman–Crippen MR) is 99.7 cm³/mol. The molecular weight excluding hydrogens is 298 g/mol. The van der Waals surface area contributed by atoms with Crippen LogP contribution in [-0.4, -0.2) is 4.98 Å². The first-order chi connectivity index (χ1) is 11.7. The Labute approximate surface area is 138 Å². The van der Waals surface area contributed by atoms with Gasteiger partial charge in [-0.1, -0.05) is 24.3 Å². The second-order valence-corrected chi connectivity index (χ2v) is 5.64. The van der Waals surface area contributed by atoms with Crippen LogP contribution in [0, 0.1) is 0 Å². The molecule has 1 heterocycles. The van der Waals surface area contributed by atoms with E-state index in [1.54, 1.807) is 12.4 Å². The Hall–Kier alpha value is -3.40. The number of hydrogen-bond donors (Lipinski definition) is 2. The quantitative estimate of drug-likeness (QED) is 0.547. The van der Waals surface area contributed by atoms with Crippen molar-refractivity contribution in [2.45, 2.75) is 0 Å². The average Bonchev–Trinajstić information content (AvgIpc) is 2.75. The summed E-state index contributed by atoms with van der Waals surface area (Å²) in [6.07, 6.45) is 3.31. The zero-order chi connectivity index (χ0) is 16.5.